The summed E-state index contributed by atoms with van der Waals surface area (Å²) in [6.07, 6.45) is 2.82. The normalized spacial score (nSPS) is 10.1. The molecule has 90 valence electrons. The zero-order chi connectivity index (χ0) is 10.7. The molecule has 0 bridgehead atoms. The molecule has 0 heterocycles. The molecule has 0 aliphatic carbocycles. The SMILES string of the molecule is CCC[Si](CC)(CC)CCC.N.N[SiH3]. The minimum absolute atomic E-state index is 0. The van der Waals surface area contributed by atoms with Gasteiger partial charge >= 0.3 is 0 Å². The van der Waals surface area contributed by atoms with Crippen molar-refractivity contribution >= 4 is 18.5 Å². The first kappa shape index (κ1) is 19.9. The zero-order valence-corrected chi connectivity index (χ0v) is 14.0. The zero-order valence-electron chi connectivity index (χ0n) is 11.0. The number of hydrogen-bond donors (Lipinski definition) is 2. The smallest absolute Gasteiger partial charge is 0.0716 e. The second-order valence-electron chi connectivity index (χ2n) is 3.71. The van der Waals surface area contributed by atoms with E-state index in [-0.39, 0.29) is 6.15 Å². The minimum Gasteiger partial charge on any atom is -0.358 e. The van der Waals surface area contributed by atoms with Crippen molar-refractivity contribution in [1.82, 2.24) is 6.15 Å². The third-order valence-electron chi connectivity index (χ3n) is 3.06. The Morgan fingerprint density at radius 3 is 1.29 bits per heavy atom. The molecule has 4 heteroatoms. The quantitative estimate of drug-likeness (QED) is 0.697. The van der Waals surface area contributed by atoms with E-state index in [1.807, 2.05) is 0 Å². The van der Waals surface area contributed by atoms with E-state index < -0.39 is 8.07 Å². The van der Waals surface area contributed by atoms with Gasteiger partial charge in [0.05, 0.1) is 18.5 Å². The highest BCUT2D eigenvalue weighted by Gasteiger charge is 2.25. The van der Waals surface area contributed by atoms with Crippen molar-refractivity contribution < 1.29 is 0 Å². The van der Waals surface area contributed by atoms with E-state index in [1.165, 1.54) is 24.9 Å². The largest absolute Gasteiger partial charge is 0.358 e. The van der Waals surface area contributed by atoms with Gasteiger partial charge < -0.3 is 11.5 Å². The molecular formula is C10H32N2Si2. The molecule has 0 spiro atoms. The average molecular weight is 237 g/mol. The van der Waals surface area contributed by atoms with Gasteiger partial charge in [0.1, 0.15) is 0 Å². The summed E-state index contributed by atoms with van der Waals surface area (Å²) in [7, 11) is 0.0621. The van der Waals surface area contributed by atoms with Gasteiger partial charge in [-0.05, 0) is 0 Å². The predicted octanol–water partition coefficient (Wildman–Crippen LogP) is 2.68. The Bertz CT molecular complexity index is 88.1. The van der Waals surface area contributed by atoms with Crippen LogP contribution in [0.4, 0.5) is 0 Å². The fourth-order valence-electron chi connectivity index (χ4n) is 2.14. The monoisotopic (exact) mass is 236 g/mol. The highest BCUT2D eigenvalue weighted by Crippen LogP contribution is 2.27. The van der Waals surface area contributed by atoms with Crippen LogP contribution < -0.4 is 11.5 Å². The first-order valence-corrected chi connectivity index (χ1v) is 9.80. The van der Waals surface area contributed by atoms with Gasteiger partial charge in [-0.15, -0.1) is 0 Å². The topological polar surface area (TPSA) is 61.0 Å². The summed E-state index contributed by atoms with van der Waals surface area (Å²) in [6.45, 7) is 9.48. The van der Waals surface area contributed by atoms with Crippen LogP contribution in [0.15, 0.2) is 0 Å². The molecule has 0 amide bonds. The second kappa shape index (κ2) is 13.4. The maximum absolute atomic E-state index is 4.64. The van der Waals surface area contributed by atoms with Crippen LogP contribution in [-0.4, -0.2) is 18.5 Å². The van der Waals surface area contributed by atoms with E-state index in [0.717, 1.165) is 10.4 Å². The Hall–Kier alpha value is 0.354. The van der Waals surface area contributed by atoms with Gasteiger partial charge in [-0.25, -0.2) is 0 Å². The van der Waals surface area contributed by atoms with Crippen LogP contribution in [0.2, 0.25) is 24.2 Å². The van der Waals surface area contributed by atoms with E-state index in [9.17, 15) is 0 Å². The van der Waals surface area contributed by atoms with Gasteiger partial charge in [0.2, 0.25) is 0 Å². The molecule has 0 aromatic rings. The van der Waals surface area contributed by atoms with Crippen LogP contribution in [0.1, 0.15) is 40.5 Å². The molecule has 0 fully saturated rings. The summed E-state index contributed by atoms with van der Waals surface area (Å²) in [5, 5.41) is 4.64. The summed E-state index contributed by atoms with van der Waals surface area (Å²) < 4.78 is 0. The molecule has 0 rings (SSSR count). The van der Waals surface area contributed by atoms with Crippen molar-refractivity contribution in [3.8, 4) is 0 Å². The Morgan fingerprint density at radius 1 is 0.857 bits per heavy atom. The van der Waals surface area contributed by atoms with E-state index in [4.69, 9.17) is 0 Å². The van der Waals surface area contributed by atoms with Crippen LogP contribution in [0.3, 0.4) is 0 Å². The highest BCUT2D eigenvalue weighted by atomic mass is 28.3. The van der Waals surface area contributed by atoms with Crippen molar-refractivity contribution in [1.29, 1.82) is 0 Å². The maximum Gasteiger partial charge on any atom is 0.0716 e. The van der Waals surface area contributed by atoms with Crippen molar-refractivity contribution in [3.05, 3.63) is 0 Å². The van der Waals surface area contributed by atoms with Crippen LogP contribution in [0.25, 0.3) is 0 Å². The van der Waals surface area contributed by atoms with E-state index in [0.29, 0.717) is 0 Å². The molecule has 14 heavy (non-hydrogen) atoms. The third-order valence-corrected chi connectivity index (χ3v) is 9.18. The van der Waals surface area contributed by atoms with Gasteiger partial charge in [-0.2, -0.15) is 0 Å². The van der Waals surface area contributed by atoms with E-state index in [1.54, 1.807) is 12.1 Å². The molecule has 0 aliphatic heterocycles. The third kappa shape index (κ3) is 7.73. The van der Waals surface area contributed by atoms with Crippen LogP contribution >= 0.6 is 0 Å². The summed E-state index contributed by atoms with van der Waals surface area (Å²) in [4.78, 5) is 0. The predicted molar refractivity (Wildman–Crippen MR) is 76.1 cm³/mol. The molecule has 5 N–H and O–H groups in total. The van der Waals surface area contributed by atoms with E-state index in [2.05, 4.69) is 33.1 Å². The summed E-state index contributed by atoms with van der Waals surface area (Å²) in [5.74, 6) is 0. The Kier molecular flexibility index (Phi) is 18.9. The van der Waals surface area contributed by atoms with Gasteiger partial charge in [0, 0.05) is 0 Å². The molecule has 2 nitrogen and oxygen atoms in total. The lowest BCUT2D eigenvalue weighted by Gasteiger charge is -2.28. The fraction of sp³-hybridized carbons (Fsp3) is 1.00. The van der Waals surface area contributed by atoms with Crippen molar-refractivity contribution in [3.63, 3.8) is 0 Å². The highest BCUT2D eigenvalue weighted by molar-refractivity contribution is 6.79. The molecular weight excluding hydrogens is 204 g/mol. The molecule has 0 aliphatic rings. The van der Waals surface area contributed by atoms with Crippen molar-refractivity contribution in [2.75, 3.05) is 0 Å². The van der Waals surface area contributed by atoms with Crippen molar-refractivity contribution in [2.24, 2.45) is 5.40 Å². The van der Waals surface area contributed by atoms with E-state index >= 15 is 0 Å². The van der Waals surface area contributed by atoms with Crippen LogP contribution in [0, 0.1) is 0 Å². The Balaban J connectivity index is -0.000000376. The van der Waals surface area contributed by atoms with Crippen molar-refractivity contribution in [2.45, 2.75) is 64.7 Å². The summed E-state index contributed by atoms with van der Waals surface area (Å²) in [5.41, 5.74) is 0. The lowest BCUT2D eigenvalue weighted by Crippen LogP contribution is -2.31. The van der Waals surface area contributed by atoms with Gasteiger partial charge in [-0.1, -0.05) is 64.7 Å². The molecule has 0 atom stereocenters. The minimum atomic E-state index is -0.743. The summed E-state index contributed by atoms with van der Waals surface area (Å²) >= 11 is 0. The standard InChI is InChI=1S/C10H24Si.H5NSi.H3N/c1-5-9-11(7-3,8-4)10-6-2;1-2;/h5-10H2,1-4H3;1H2,2H3;1H3. The molecule has 0 saturated carbocycles. The Morgan fingerprint density at radius 2 is 1.14 bits per heavy atom. The van der Waals surface area contributed by atoms with Gasteiger partial charge in [0.25, 0.3) is 0 Å². The first-order chi connectivity index (χ1) is 6.24. The second-order valence-corrected chi connectivity index (χ2v) is 9.12. The molecule has 0 radical (unpaired) electrons. The number of nitrogens with two attached hydrogens (primary N) is 1. The fourth-order valence-corrected chi connectivity index (χ4v) is 6.43. The number of hydrogen-bond acceptors (Lipinski definition) is 2. The van der Waals surface area contributed by atoms with Crippen LogP contribution in [-0.2, 0) is 0 Å². The van der Waals surface area contributed by atoms with Gasteiger partial charge in [-0.3, -0.25) is 0 Å². The lowest BCUT2D eigenvalue weighted by molar-refractivity contribution is 0.943. The average Bonchev–Trinajstić information content (AvgIpc) is 2.20. The molecule has 0 unspecified atom stereocenters. The molecule has 0 aromatic heterocycles. The van der Waals surface area contributed by atoms with Crippen LogP contribution in [0.5, 0.6) is 0 Å². The molecule has 0 aromatic carbocycles. The van der Waals surface area contributed by atoms with Gasteiger partial charge in [0.15, 0.2) is 0 Å². The first-order valence-electron chi connectivity index (χ1n) is 5.82. The maximum atomic E-state index is 4.64. The Labute approximate surface area is 95.1 Å². The number of rotatable bonds is 6. The summed E-state index contributed by atoms with van der Waals surface area (Å²) in [6, 6.07) is 6.14. The lowest BCUT2D eigenvalue weighted by atomic mass is 10.6. The molecule has 0 saturated heterocycles.